The molecule has 1 aromatic carbocycles. The Morgan fingerprint density at radius 1 is 1.39 bits per heavy atom. The van der Waals surface area contributed by atoms with Crippen LogP contribution < -0.4 is 0 Å². The van der Waals surface area contributed by atoms with Crippen LogP contribution in [-0.2, 0) is 4.74 Å². The summed E-state index contributed by atoms with van der Waals surface area (Å²) in [6.07, 6.45) is 1.89. The largest absolute Gasteiger partial charge is 0.388 e. The molecule has 1 aliphatic heterocycles. The van der Waals surface area contributed by atoms with Crippen molar-refractivity contribution in [1.29, 1.82) is 0 Å². The van der Waals surface area contributed by atoms with Gasteiger partial charge in [0.15, 0.2) is 0 Å². The van der Waals surface area contributed by atoms with Gasteiger partial charge in [-0.15, -0.1) is 0 Å². The van der Waals surface area contributed by atoms with Crippen LogP contribution in [0.15, 0.2) is 16.6 Å². The minimum Gasteiger partial charge on any atom is -0.388 e. The molecule has 0 bridgehead atoms. The lowest BCUT2D eigenvalue weighted by Gasteiger charge is -2.15. The molecule has 1 N–H and O–H groups in total. The SMILES string of the molecule is OC(CCC1CCCO1)c1c(F)cc(Br)cc1F. The minimum atomic E-state index is -1.12. The van der Waals surface area contributed by atoms with Gasteiger partial charge >= 0.3 is 0 Å². The molecule has 1 heterocycles. The number of hydrogen-bond acceptors (Lipinski definition) is 2. The molecule has 0 aliphatic carbocycles. The lowest BCUT2D eigenvalue weighted by atomic mass is 10.0. The van der Waals surface area contributed by atoms with E-state index >= 15 is 0 Å². The first-order valence-corrected chi connectivity index (χ1v) is 6.81. The summed E-state index contributed by atoms with van der Waals surface area (Å²) in [7, 11) is 0. The smallest absolute Gasteiger partial charge is 0.133 e. The predicted molar refractivity (Wildman–Crippen MR) is 67.2 cm³/mol. The molecule has 0 saturated carbocycles. The summed E-state index contributed by atoms with van der Waals surface area (Å²) in [5, 5.41) is 9.88. The predicted octanol–water partition coefficient (Wildman–Crippen LogP) is 3.72. The van der Waals surface area contributed by atoms with E-state index in [4.69, 9.17) is 4.74 Å². The molecule has 1 saturated heterocycles. The van der Waals surface area contributed by atoms with Crippen LogP contribution in [0.25, 0.3) is 0 Å². The van der Waals surface area contributed by atoms with Gasteiger partial charge in [-0.2, -0.15) is 0 Å². The van der Waals surface area contributed by atoms with Gasteiger partial charge in [-0.05, 0) is 37.8 Å². The Hall–Kier alpha value is -0.520. The molecule has 1 aromatic rings. The highest BCUT2D eigenvalue weighted by molar-refractivity contribution is 9.10. The Morgan fingerprint density at radius 2 is 2.06 bits per heavy atom. The summed E-state index contributed by atoms with van der Waals surface area (Å²) in [5.41, 5.74) is -0.254. The number of benzene rings is 1. The van der Waals surface area contributed by atoms with E-state index in [9.17, 15) is 13.9 Å². The highest BCUT2D eigenvalue weighted by Gasteiger charge is 2.22. The van der Waals surface area contributed by atoms with Crippen molar-refractivity contribution in [3.05, 3.63) is 33.8 Å². The summed E-state index contributed by atoms with van der Waals surface area (Å²) in [4.78, 5) is 0. The van der Waals surface area contributed by atoms with E-state index in [0.29, 0.717) is 17.3 Å². The van der Waals surface area contributed by atoms with Gasteiger partial charge in [0.25, 0.3) is 0 Å². The fourth-order valence-corrected chi connectivity index (χ4v) is 2.63. The van der Waals surface area contributed by atoms with E-state index in [0.717, 1.165) is 31.6 Å². The Kier molecular flexibility index (Phi) is 4.70. The van der Waals surface area contributed by atoms with Crippen LogP contribution in [0.2, 0.25) is 0 Å². The van der Waals surface area contributed by atoms with Gasteiger partial charge < -0.3 is 9.84 Å². The number of halogens is 3. The molecule has 0 radical (unpaired) electrons. The molecule has 5 heteroatoms. The van der Waals surface area contributed by atoms with E-state index < -0.39 is 17.7 Å². The molecular formula is C13H15BrF2O2. The van der Waals surface area contributed by atoms with E-state index in [-0.39, 0.29) is 11.7 Å². The van der Waals surface area contributed by atoms with Crippen molar-refractivity contribution >= 4 is 15.9 Å². The van der Waals surface area contributed by atoms with E-state index in [1.165, 1.54) is 0 Å². The molecule has 1 fully saturated rings. The molecule has 2 unspecified atom stereocenters. The Labute approximate surface area is 113 Å². The molecule has 2 rings (SSSR count). The molecule has 1 aliphatic rings. The average molecular weight is 321 g/mol. The fraction of sp³-hybridized carbons (Fsp3) is 0.538. The molecule has 100 valence electrons. The second kappa shape index (κ2) is 6.08. The van der Waals surface area contributed by atoms with Gasteiger partial charge in [-0.25, -0.2) is 8.78 Å². The lowest BCUT2D eigenvalue weighted by Crippen LogP contribution is -2.10. The Bertz CT molecular complexity index is 396. The van der Waals surface area contributed by atoms with Gasteiger partial charge in [0.2, 0.25) is 0 Å². The summed E-state index contributed by atoms with van der Waals surface area (Å²) in [6.45, 7) is 0.738. The third-order valence-corrected chi connectivity index (χ3v) is 3.62. The van der Waals surface area contributed by atoms with E-state index in [1.54, 1.807) is 0 Å². The Balaban J connectivity index is 2.01. The normalized spacial score (nSPS) is 21.2. The number of ether oxygens (including phenoxy) is 1. The first-order valence-electron chi connectivity index (χ1n) is 6.02. The topological polar surface area (TPSA) is 29.5 Å². The maximum Gasteiger partial charge on any atom is 0.133 e. The van der Waals surface area contributed by atoms with Crippen molar-refractivity contribution in [2.24, 2.45) is 0 Å². The zero-order valence-corrected chi connectivity index (χ0v) is 11.4. The van der Waals surface area contributed by atoms with Crippen LogP contribution in [0.4, 0.5) is 8.78 Å². The number of hydrogen-bond donors (Lipinski definition) is 1. The van der Waals surface area contributed by atoms with E-state index in [1.807, 2.05) is 0 Å². The first-order chi connectivity index (χ1) is 8.58. The van der Waals surface area contributed by atoms with Crippen molar-refractivity contribution < 1.29 is 18.6 Å². The van der Waals surface area contributed by atoms with Crippen molar-refractivity contribution in [2.75, 3.05) is 6.61 Å². The average Bonchev–Trinajstić information content (AvgIpc) is 2.77. The highest BCUT2D eigenvalue weighted by atomic mass is 79.9. The van der Waals surface area contributed by atoms with Gasteiger partial charge in [-0.3, -0.25) is 0 Å². The fourth-order valence-electron chi connectivity index (χ4n) is 2.23. The second-order valence-corrected chi connectivity index (χ2v) is 5.43. The van der Waals surface area contributed by atoms with Crippen molar-refractivity contribution in [3.8, 4) is 0 Å². The van der Waals surface area contributed by atoms with E-state index in [2.05, 4.69) is 15.9 Å². The summed E-state index contributed by atoms with van der Waals surface area (Å²) in [5.74, 6) is -1.44. The first kappa shape index (κ1) is 13.9. The molecule has 0 spiro atoms. The third-order valence-electron chi connectivity index (χ3n) is 3.16. The number of aliphatic hydroxyl groups excluding tert-OH is 1. The maximum atomic E-state index is 13.6. The summed E-state index contributed by atoms with van der Waals surface area (Å²) in [6, 6.07) is 2.32. The summed E-state index contributed by atoms with van der Waals surface area (Å²) >= 11 is 3.01. The summed E-state index contributed by atoms with van der Waals surface area (Å²) < 4.78 is 32.9. The van der Waals surface area contributed by atoms with Crippen molar-refractivity contribution in [2.45, 2.75) is 37.9 Å². The zero-order valence-electron chi connectivity index (χ0n) is 9.83. The molecule has 0 aromatic heterocycles. The van der Waals surface area contributed by atoms with Crippen LogP contribution >= 0.6 is 15.9 Å². The quantitative estimate of drug-likeness (QED) is 0.916. The zero-order chi connectivity index (χ0) is 13.1. The molecule has 2 atom stereocenters. The van der Waals surface area contributed by atoms with Crippen LogP contribution in [0, 0.1) is 11.6 Å². The van der Waals surface area contributed by atoms with Gasteiger partial charge in [-0.1, -0.05) is 15.9 Å². The molecular weight excluding hydrogens is 306 g/mol. The van der Waals surface area contributed by atoms with Crippen LogP contribution in [0.3, 0.4) is 0 Å². The molecule has 0 amide bonds. The van der Waals surface area contributed by atoms with Crippen molar-refractivity contribution in [3.63, 3.8) is 0 Å². The Morgan fingerprint density at radius 3 is 2.61 bits per heavy atom. The molecule has 18 heavy (non-hydrogen) atoms. The standard InChI is InChI=1S/C13H15BrF2O2/c14-8-6-10(15)13(11(16)7-8)12(17)4-3-9-2-1-5-18-9/h6-7,9,12,17H,1-5H2. The molecule has 2 nitrogen and oxygen atoms in total. The van der Waals surface area contributed by atoms with Crippen LogP contribution in [-0.4, -0.2) is 17.8 Å². The van der Waals surface area contributed by atoms with Gasteiger partial charge in [0.1, 0.15) is 11.6 Å². The van der Waals surface area contributed by atoms with Crippen LogP contribution in [0.5, 0.6) is 0 Å². The second-order valence-electron chi connectivity index (χ2n) is 4.51. The lowest BCUT2D eigenvalue weighted by molar-refractivity contribution is 0.0792. The van der Waals surface area contributed by atoms with Crippen molar-refractivity contribution in [1.82, 2.24) is 0 Å². The number of rotatable bonds is 4. The third kappa shape index (κ3) is 3.28. The highest BCUT2D eigenvalue weighted by Crippen LogP contribution is 2.29. The number of aliphatic hydroxyl groups is 1. The van der Waals surface area contributed by atoms with Gasteiger partial charge in [0.05, 0.1) is 17.8 Å². The maximum absolute atomic E-state index is 13.6. The monoisotopic (exact) mass is 320 g/mol. The van der Waals surface area contributed by atoms with Gasteiger partial charge in [0, 0.05) is 11.1 Å². The minimum absolute atomic E-state index is 0.112. The van der Waals surface area contributed by atoms with Crippen LogP contribution in [0.1, 0.15) is 37.4 Å².